The monoisotopic (exact) mass is 317 g/mol. The standard InChI is InChI=1S/C18H15N5O/c1-3-10-19-13(5-1)9-12-21-16-8-7-14-17(23-24-18(14)22-16)15-6-2-4-11-20-15/h1-8,10-11H,9,12H2,(H,21,22). The molecule has 0 atom stereocenters. The van der Waals surface area contributed by atoms with E-state index < -0.39 is 0 Å². The lowest BCUT2D eigenvalue weighted by molar-refractivity contribution is 0.451. The molecule has 0 aliphatic heterocycles. The number of pyridine rings is 3. The Balaban J connectivity index is 1.50. The third-order valence-electron chi connectivity index (χ3n) is 3.66. The first-order chi connectivity index (χ1) is 11.9. The minimum Gasteiger partial charge on any atom is -0.370 e. The fourth-order valence-electron chi connectivity index (χ4n) is 2.48. The van der Waals surface area contributed by atoms with Crippen molar-refractivity contribution in [1.29, 1.82) is 0 Å². The van der Waals surface area contributed by atoms with Crippen molar-refractivity contribution in [2.45, 2.75) is 6.42 Å². The van der Waals surface area contributed by atoms with Crippen LogP contribution in [0.2, 0.25) is 0 Å². The summed E-state index contributed by atoms with van der Waals surface area (Å²) in [7, 11) is 0. The molecule has 6 nitrogen and oxygen atoms in total. The lowest BCUT2D eigenvalue weighted by Gasteiger charge is -2.04. The number of hydrogen-bond donors (Lipinski definition) is 1. The smallest absolute Gasteiger partial charge is 0.260 e. The van der Waals surface area contributed by atoms with Crippen molar-refractivity contribution in [3.8, 4) is 11.4 Å². The number of rotatable bonds is 5. The van der Waals surface area contributed by atoms with Gasteiger partial charge in [-0.1, -0.05) is 17.3 Å². The molecule has 24 heavy (non-hydrogen) atoms. The summed E-state index contributed by atoms with van der Waals surface area (Å²) in [4.78, 5) is 13.1. The van der Waals surface area contributed by atoms with Gasteiger partial charge in [-0.2, -0.15) is 4.98 Å². The van der Waals surface area contributed by atoms with Crippen molar-refractivity contribution in [2.24, 2.45) is 0 Å². The van der Waals surface area contributed by atoms with Gasteiger partial charge in [0.2, 0.25) is 0 Å². The Labute approximate surface area is 138 Å². The van der Waals surface area contributed by atoms with E-state index in [1.54, 1.807) is 12.4 Å². The summed E-state index contributed by atoms with van der Waals surface area (Å²) in [5.74, 6) is 0.752. The molecule has 0 amide bonds. The summed E-state index contributed by atoms with van der Waals surface area (Å²) in [6.07, 6.45) is 4.36. The highest BCUT2D eigenvalue weighted by Crippen LogP contribution is 2.26. The molecular weight excluding hydrogens is 302 g/mol. The van der Waals surface area contributed by atoms with Gasteiger partial charge in [-0.3, -0.25) is 9.97 Å². The predicted octanol–water partition coefficient (Wildman–Crippen LogP) is 3.33. The molecule has 0 saturated heterocycles. The molecule has 4 aromatic heterocycles. The van der Waals surface area contributed by atoms with Gasteiger partial charge in [0, 0.05) is 31.1 Å². The average Bonchev–Trinajstić information content (AvgIpc) is 3.07. The number of hydrogen-bond acceptors (Lipinski definition) is 6. The first kappa shape index (κ1) is 14.3. The molecule has 0 unspecified atom stereocenters. The quantitative estimate of drug-likeness (QED) is 0.608. The summed E-state index contributed by atoms with van der Waals surface area (Å²) < 4.78 is 5.36. The van der Waals surface area contributed by atoms with E-state index in [-0.39, 0.29) is 0 Å². The zero-order valence-electron chi connectivity index (χ0n) is 12.9. The largest absolute Gasteiger partial charge is 0.370 e. The van der Waals surface area contributed by atoms with E-state index >= 15 is 0 Å². The fraction of sp³-hybridized carbons (Fsp3) is 0.111. The third-order valence-corrected chi connectivity index (χ3v) is 3.66. The average molecular weight is 317 g/mol. The second-order valence-corrected chi connectivity index (χ2v) is 5.29. The van der Waals surface area contributed by atoms with E-state index in [0.29, 0.717) is 11.4 Å². The van der Waals surface area contributed by atoms with Crippen LogP contribution in [0.3, 0.4) is 0 Å². The summed E-state index contributed by atoms with van der Waals surface area (Å²) >= 11 is 0. The molecule has 0 aromatic carbocycles. The minimum absolute atomic E-state index is 0.499. The van der Waals surface area contributed by atoms with E-state index in [9.17, 15) is 0 Å². The van der Waals surface area contributed by atoms with Gasteiger partial charge in [0.05, 0.1) is 11.1 Å². The van der Waals surface area contributed by atoms with Crippen molar-refractivity contribution in [3.63, 3.8) is 0 Å². The molecule has 1 N–H and O–H groups in total. The molecule has 0 saturated carbocycles. The van der Waals surface area contributed by atoms with Crippen LogP contribution in [0.25, 0.3) is 22.5 Å². The van der Waals surface area contributed by atoms with Crippen LogP contribution in [0.4, 0.5) is 5.82 Å². The van der Waals surface area contributed by atoms with E-state index in [0.717, 1.165) is 35.6 Å². The molecule has 0 aliphatic carbocycles. The minimum atomic E-state index is 0.499. The van der Waals surface area contributed by atoms with E-state index in [1.807, 2.05) is 48.5 Å². The van der Waals surface area contributed by atoms with Crippen LogP contribution >= 0.6 is 0 Å². The van der Waals surface area contributed by atoms with E-state index in [4.69, 9.17) is 4.52 Å². The number of fused-ring (bicyclic) bond motifs is 1. The molecule has 0 spiro atoms. The van der Waals surface area contributed by atoms with Crippen LogP contribution in [0.5, 0.6) is 0 Å². The topological polar surface area (TPSA) is 76.7 Å². The molecular formula is C18H15N5O. The lowest BCUT2D eigenvalue weighted by Crippen LogP contribution is -2.06. The molecule has 0 aliphatic rings. The van der Waals surface area contributed by atoms with Gasteiger partial charge in [0.1, 0.15) is 11.5 Å². The second-order valence-electron chi connectivity index (χ2n) is 5.29. The first-order valence-electron chi connectivity index (χ1n) is 7.72. The van der Waals surface area contributed by atoms with Crippen molar-refractivity contribution in [1.82, 2.24) is 20.1 Å². The highest BCUT2D eigenvalue weighted by molar-refractivity contribution is 5.89. The van der Waals surface area contributed by atoms with Gasteiger partial charge in [0.15, 0.2) is 0 Å². The Bertz CT molecular complexity index is 937. The normalized spacial score (nSPS) is 10.8. The molecule has 4 rings (SSSR count). The number of nitrogens with one attached hydrogen (secondary N) is 1. The summed E-state index contributed by atoms with van der Waals surface area (Å²) in [6, 6.07) is 15.5. The Morgan fingerprint density at radius 1 is 0.917 bits per heavy atom. The van der Waals surface area contributed by atoms with Crippen LogP contribution < -0.4 is 5.32 Å². The van der Waals surface area contributed by atoms with Gasteiger partial charge in [0.25, 0.3) is 5.71 Å². The van der Waals surface area contributed by atoms with Crippen LogP contribution in [0.1, 0.15) is 5.69 Å². The van der Waals surface area contributed by atoms with Gasteiger partial charge in [-0.25, -0.2) is 0 Å². The summed E-state index contributed by atoms with van der Waals surface area (Å²) in [6.45, 7) is 0.747. The van der Waals surface area contributed by atoms with Crippen molar-refractivity contribution in [3.05, 3.63) is 66.6 Å². The zero-order chi connectivity index (χ0) is 16.2. The van der Waals surface area contributed by atoms with Crippen molar-refractivity contribution >= 4 is 16.9 Å². The first-order valence-corrected chi connectivity index (χ1v) is 7.72. The van der Waals surface area contributed by atoms with Gasteiger partial charge in [-0.15, -0.1) is 0 Å². The Morgan fingerprint density at radius 3 is 2.58 bits per heavy atom. The van der Waals surface area contributed by atoms with Gasteiger partial charge < -0.3 is 9.84 Å². The van der Waals surface area contributed by atoms with Crippen molar-refractivity contribution in [2.75, 3.05) is 11.9 Å². The van der Waals surface area contributed by atoms with Crippen molar-refractivity contribution < 1.29 is 4.52 Å². The van der Waals surface area contributed by atoms with E-state index in [2.05, 4.69) is 25.4 Å². The van der Waals surface area contributed by atoms with Gasteiger partial charge >= 0.3 is 0 Å². The molecule has 0 radical (unpaired) electrons. The molecule has 6 heteroatoms. The maximum absolute atomic E-state index is 5.36. The highest BCUT2D eigenvalue weighted by Gasteiger charge is 2.12. The second kappa shape index (κ2) is 6.45. The number of nitrogens with zero attached hydrogens (tertiary/aromatic N) is 4. The summed E-state index contributed by atoms with van der Waals surface area (Å²) in [5.41, 5.74) is 3.02. The zero-order valence-corrected chi connectivity index (χ0v) is 12.9. The van der Waals surface area contributed by atoms with Crippen LogP contribution in [0.15, 0.2) is 65.4 Å². The van der Waals surface area contributed by atoms with Gasteiger partial charge in [-0.05, 0) is 36.4 Å². The highest BCUT2D eigenvalue weighted by atomic mass is 16.5. The van der Waals surface area contributed by atoms with Crippen LogP contribution in [0, 0.1) is 0 Å². The van der Waals surface area contributed by atoms with Crippen LogP contribution in [-0.4, -0.2) is 26.7 Å². The molecule has 4 heterocycles. The Morgan fingerprint density at radius 2 is 1.79 bits per heavy atom. The Hall–Kier alpha value is -3.28. The third kappa shape index (κ3) is 2.94. The maximum Gasteiger partial charge on any atom is 0.260 e. The molecule has 0 fully saturated rings. The Kier molecular flexibility index (Phi) is 3.85. The van der Waals surface area contributed by atoms with E-state index in [1.165, 1.54) is 0 Å². The number of aromatic nitrogens is 4. The molecule has 4 aromatic rings. The lowest BCUT2D eigenvalue weighted by atomic mass is 10.2. The predicted molar refractivity (Wildman–Crippen MR) is 91.5 cm³/mol. The number of anilines is 1. The summed E-state index contributed by atoms with van der Waals surface area (Å²) in [5, 5.41) is 8.23. The van der Waals surface area contributed by atoms with Crippen LogP contribution in [-0.2, 0) is 6.42 Å². The maximum atomic E-state index is 5.36. The SMILES string of the molecule is c1ccc(CCNc2ccc3c(-c4ccccn4)noc3n2)nc1. The molecule has 0 bridgehead atoms. The fourth-order valence-corrected chi connectivity index (χ4v) is 2.48. The molecule has 118 valence electrons.